The van der Waals surface area contributed by atoms with Crippen LogP contribution in [-0.4, -0.2) is 35.0 Å². The molecule has 1 saturated heterocycles. The maximum atomic E-state index is 4.62. The van der Waals surface area contributed by atoms with Gasteiger partial charge in [0, 0.05) is 24.9 Å². The third kappa shape index (κ3) is 3.22. The van der Waals surface area contributed by atoms with Crippen LogP contribution >= 0.6 is 11.8 Å². The van der Waals surface area contributed by atoms with Gasteiger partial charge < -0.3 is 4.90 Å². The molecule has 1 aliphatic rings. The summed E-state index contributed by atoms with van der Waals surface area (Å²) in [6.45, 7) is 8.86. The van der Waals surface area contributed by atoms with Crippen molar-refractivity contribution in [2.45, 2.75) is 39.7 Å². The van der Waals surface area contributed by atoms with Crippen LogP contribution in [0.5, 0.6) is 0 Å². The molecule has 1 rings (SSSR count). The van der Waals surface area contributed by atoms with Crippen molar-refractivity contribution in [2.24, 2.45) is 4.99 Å². The molecular formula is C10H20N2S. The van der Waals surface area contributed by atoms with Gasteiger partial charge in [0.15, 0.2) is 5.17 Å². The van der Waals surface area contributed by atoms with E-state index in [1.807, 2.05) is 11.8 Å². The summed E-state index contributed by atoms with van der Waals surface area (Å²) in [7, 11) is 0. The molecule has 0 amide bonds. The van der Waals surface area contributed by atoms with Crippen molar-refractivity contribution in [3.8, 4) is 0 Å². The monoisotopic (exact) mass is 200 g/mol. The molecule has 0 bridgehead atoms. The van der Waals surface area contributed by atoms with Crippen LogP contribution in [0.1, 0.15) is 33.6 Å². The lowest BCUT2D eigenvalue weighted by Gasteiger charge is -2.22. The van der Waals surface area contributed by atoms with Gasteiger partial charge in [0.05, 0.1) is 0 Å². The maximum absolute atomic E-state index is 4.62. The fourth-order valence-electron chi connectivity index (χ4n) is 1.36. The second-order valence-corrected chi connectivity index (χ2v) is 4.72. The van der Waals surface area contributed by atoms with Crippen molar-refractivity contribution < 1.29 is 0 Å². The fraction of sp³-hybridized carbons (Fsp3) is 0.900. The third-order valence-corrected chi connectivity index (χ3v) is 3.20. The molecule has 0 radical (unpaired) electrons. The van der Waals surface area contributed by atoms with E-state index in [1.165, 1.54) is 30.3 Å². The van der Waals surface area contributed by atoms with Crippen LogP contribution in [-0.2, 0) is 0 Å². The Morgan fingerprint density at radius 2 is 2.31 bits per heavy atom. The summed E-state index contributed by atoms with van der Waals surface area (Å²) in [6, 6.07) is 0.607. The lowest BCUT2D eigenvalue weighted by Crippen LogP contribution is -2.31. The molecule has 0 aromatic carbocycles. The number of rotatable bonds is 4. The molecule has 13 heavy (non-hydrogen) atoms. The summed E-state index contributed by atoms with van der Waals surface area (Å²) in [6.07, 6.45) is 2.46. The third-order valence-electron chi connectivity index (χ3n) is 2.19. The van der Waals surface area contributed by atoms with Crippen LogP contribution in [0.25, 0.3) is 0 Å². The number of unbranched alkanes of at least 4 members (excludes halogenated alkanes) is 1. The zero-order valence-electron chi connectivity index (χ0n) is 8.92. The van der Waals surface area contributed by atoms with Gasteiger partial charge in [-0.25, -0.2) is 0 Å². The van der Waals surface area contributed by atoms with Gasteiger partial charge in [0.2, 0.25) is 0 Å². The van der Waals surface area contributed by atoms with E-state index in [-0.39, 0.29) is 0 Å². The summed E-state index contributed by atoms with van der Waals surface area (Å²) in [5.41, 5.74) is 0. The topological polar surface area (TPSA) is 15.6 Å². The Hall–Kier alpha value is -0.180. The molecule has 1 fully saturated rings. The molecule has 0 aromatic heterocycles. The minimum Gasteiger partial charge on any atom is -0.348 e. The Balaban J connectivity index is 2.42. The molecule has 76 valence electrons. The Kier molecular flexibility index (Phi) is 4.64. The van der Waals surface area contributed by atoms with E-state index in [0.29, 0.717) is 6.04 Å². The SMILES string of the molecule is CCCCN=C1SCCN1C(C)C. The highest BCUT2D eigenvalue weighted by Crippen LogP contribution is 2.20. The highest BCUT2D eigenvalue weighted by atomic mass is 32.2. The Labute approximate surface area is 85.8 Å². The van der Waals surface area contributed by atoms with Gasteiger partial charge >= 0.3 is 0 Å². The highest BCUT2D eigenvalue weighted by molar-refractivity contribution is 8.14. The Morgan fingerprint density at radius 1 is 1.54 bits per heavy atom. The molecule has 3 heteroatoms. The van der Waals surface area contributed by atoms with E-state index in [1.54, 1.807) is 0 Å². The first-order chi connectivity index (χ1) is 6.25. The molecule has 0 N–H and O–H groups in total. The number of hydrogen-bond donors (Lipinski definition) is 0. The van der Waals surface area contributed by atoms with Gasteiger partial charge in [0.1, 0.15) is 0 Å². The van der Waals surface area contributed by atoms with E-state index < -0.39 is 0 Å². The smallest absolute Gasteiger partial charge is 0.159 e. The molecule has 1 heterocycles. The molecule has 0 spiro atoms. The summed E-state index contributed by atoms with van der Waals surface area (Å²) < 4.78 is 0. The average molecular weight is 200 g/mol. The fourth-order valence-corrected chi connectivity index (χ4v) is 2.48. The van der Waals surface area contributed by atoms with Crippen molar-refractivity contribution >= 4 is 16.9 Å². The summed E-state index contributed by atoms with van der Waals surface area (Å²) in [5, 5.41) is 1.27. The van der Waals surface area contributed by atoms with Crippen LogP contribution in [0.2, 0.25) is 0 Å². The molecule has 1 aliphatic heterocycles. The predicted octanol–water partition coefficient (Wildman–Crippen LogP) is 2.60. The van der Waals surface area contributed by atoms with Gasteiger partial charge in [0.25, 0.3) is 0 Å². The lowest BCUT2D eigenvalue weighted by atomic mass is 10.3. The standard InChI is InChI=1S/C10H20N2S/c1-4-5-6-11-10-12(9(2)3)7-8-13-10/h9H,4-8H2,1-3H3. The van der Waals surface area contributed by atoms with Crippen molar-refractivity contribution in [3.05, 3.63) is 0 Å². The van der Waals surface area contributed by atoms with E-state index in [4.69, 9.17) is 0 Å². The maximum Gasteiger partial charge on any atom is 0.159 e. The second kappa shape index (κ2) is 5.53. The van der Waals surface area contributed by atoms with Crippen LogP contribution < -0.4 is 0 Å². The summed E-state index contributed by atoms with van der Waals surface area (Å²) in [5.74, 6) is 1.21. The average Bonchev–Trinajstić information content (AvgIpc) is 2.53. The van der Waals surface area contributed by atoms with Crippen molar-refractivity contribution in [1.82, 2.24) is 4.90 Å². The normalized spacial score (nSPS) is 20.6. The van der Waals surface area contributed by atoms with Crippen molar-refractivity contribution in [2.75, 3.05) is 18.8 Å². The van der Waals surface area contributed by atoms with E-state index in [0.717, 1.165) is 6.54 Å². The van der Waals surface area contributed by atoms with Gasteiger partial charge in [-0.2, -0.15) is 0 Å². The first-order valence-corrected chi connectivity index (χ1v) is 6.18. The number of aliphatic imine (C=N–C) groups is 1. The molecule has 0 unspecified atom stereocenters. The molecule has 0 aliphatic carbocycles. The van der Waals surface area contributed by atoms with Gasteiger partial charge in [-0.1, -0.05) is 25.1 Å². The predicted molar refractivity (Wildman–Crippen MR) is 61.5 cm³/mol. The second-order valence-electron chi connectivity index (χ2n) is 3.65. The van der Waals surface area contributed by atoms with E-state index in [2.05, 4.69) is 30.7 Å². The molecular weight excluding hydrogens is 180 g/mol. The van der Waals surface area contributed by atoms with Gasteiger partial charge in [-0.15, -0.1) is 0 Å². The zero-order valence-corrected chi connectivity index (χ0v) is 9.73. The van der Waals surface area contributed by atoms with Crippen molar-refractivity contribution in [1.29, 1.82) is 0 Å². The van der Waals surface area contributed by atoms with E-state index >= 15 is 0 Å². The summed E-state index contributed by atoms with van der Waals surface area (Å²) >= 11 is 1.91. The van der Waals surface area contributed by atoms with Crippen LogP contribution in [0.3, 0.4) is 0 Å². The van der Waals surface area contributed by atoms with Crippen LogP contribution in [0, 0.1) is 0 Å². The minimum absolute atomic E-state index is 0.607. The number of thioether (sulfide) groups is 1. The first-order valence-electron chi connectivity index (χ1n) is 5.19. The quantitative estimate of drug-likeness (QED) is 0.648. The Morgan fingerprint density at radius 3 is 2.92 bits per heavy atom. The zero-order chi connectivity index (χ0) is 9.68. The number of amidine groups is 1. The van der Waals surface area contributed by atoms with Crippen LogP contribution in [0.15, 0.2) is 4.99 Å². The van der Waals surface area contributed by atoms with Gasteiger partial charge in [-0.3, -0.25) is 4.99 Å². The molecule has 0 aromatic rings. The number of hydrogen-bond acceptors (Lipinski definition) is 2. The molecule has 2 nitrogen and oxygen atoms in total. The van der Waals surface area contributed by atoms with E-state index in [9.17, 15) is 0 Å². The largest absolute Gasteiger partial charge is 0.348 e. The van der Waals surface area contributed by atoms with Crippen LogP contribution in [0.4, 0.5) is 0 Å². The lowest BCUT2D eigenvalue weighted by molar-refractivity contribution is 0.383. The summed E-state index contributed by atoms with van der Waals surface area (Å²) in [4.78, 5) is 7.02. The number of nitrogens with zero attached hydrogens (tertiary/aromatic N) is 2. The minimum atomic E-state index is 0.607. The highest BCUT2D eigenvalue weighted by Gasteiger charge is 2.20. The molecule has 0 atom stereocenters. The van der Waals surface area contributed by atoms with Gasteiger partial charge in [-0.05, 0) is 20.3 Å². The Bertz CT molecular complexity index is 178. The molecule has 0 saturated carbocycles. The van der Waals surface area contributed by atoms with Crippen molar-refractivity contribution in [3.63, 3.8) is 0 Å². The first kappa shape index (κ1) is 10.9.